The number of carbonyl (C=O) groups excluding carboxylic acids is 1. The third-order valence-electron chi connectivity index (χ3n) is 4.44. The fourth-order valence-corrected chi connectivity index (χ4v) is 3.13. The molecule has 0 spiro atoms. The van der Waals surface area contributed by atoms with E-state index in [4.69, 9.17) is 5.26 Å². The van der Waals surface area contributed by atoms with Crippen LogP contribution < -0.4 is 5.32 Å². The van der Waals surface area contributed by atoms with Crippen molar-refractivity contribution in [3.8, 4) is 17.5 Å². The first-order valence-electron chi connectivity index (χ1n) is 8.08. The third kappa shape index (κ3) is 2.90. The quantitative estimate of drug-likeness (QED) is 0.743. The standard InChI is InChI=1S/C18H16N6O/c19-12-23-8-5-14(11-23)18(25)22-16-10-13(4-6-20-16)15-2-1-3-17-21-7-9-24(15)17/h1-4,6-7,9-10,14H,5,8,11H2,(H,20,22,25)/t14-/m0/s1. The lowest BCUT2D eigenvalue weighted by atomic mass is 10.1. The number of carbonyl (C=O) groups is 1. The SMILES string of the molecule is N#CN1CC[C@H](C(=O)Nc2cc(-c3cccc4nccn34)ccn2)C1. The van der Waals surface area contributed by atoms with Crippen LogP contribution in [0.2, 0.25) is 0 Å². The van der Waals surface area contributed by atoms with Crippen molar-refractivity contribution in [3.05, 3.63) is 48.9 Å². The number of amides is 1. The number of imidazole rings is 1. The Hall–Kier alpha value is -3.40. The summed E-state index contributed by atoms with van der Waals surface area (Å²) in [5, 5.41) is 11.8. The molecular formula is C18H16N6O. The van der Waals surface area contributed by atoms with E-state index in [2.05, 4.69) is 21.5 Å². The van der Waals surface area contributed by atoms with Gasteiger partial charge in [0.1, 0.15) is 11.5 Å². The van der Waals surface area contributed by atoms with Gasteiger partial charge in [-0.2, -0.15) is 5.26 Å². The Morgan fingerprint density at radius 2 is 2.20 bits per heavy atom. The zero-order valence-electron chi connectivity index (χ0n) is 13.5. The molecule has 0 bridgehead atoms. The molecular weight excluding hydrogens is 316 g/mol. The number of anilines is 1. The normalized spacial score (nSPS) is 16.8. The van der Waals surface area contributed by atoms with E-state index in [9.17, 15) is 4.79 Å². The average Bonchev–Trinajstić information content (AvgIpc) is 3.30. The summed E-state index contributed by atoms with van der Waals surface area (Å²) < 4.78 is 1.99. The van der Waals surface area contributed by atoms with E-state index in [0.29, 0.717) is 25.3 Å². The Morgan fingerprint density at radius 3 is 3.04 bits per heavy atom. The van der Waals surface area contributed by atoms with Gasteiger partial charge in [0.25, 0.3) is 0 Å². The molecule has 1 amide bonds. The van der Waals surface area contributed by atoms with E-state index < -0.39 is 0 Å². The minimum absolute atomic E-state index is 0.0942. The van der Waals surface area contributed by atoms with E-state index in [1.165, 1.54) is 0 Å². The predicted octanol–water partition coefficient (Wildman–Crippen LogP) is 2.14. The molecule has 0 aliphatic carbocycles. The summed E-state index contributed by atoms with van der Waals surface area (Å²) in [7, 11) is 0. The Balaban J connectivity index is 1.57. The molecule has 1 fully saturated rings. The van der Waals surface area contributed by atoms with Gasteiger partial charge in [0.15, 0.2) is 6.19 Å². The minimum atomic E-state index is -0.179. The maximum Gasteiger partial charge on any atom is 0.230 e. The van der Waals surface area contributed by atoms with E-state index in [0.717, 1.165) is 16.9 Å². The molecule has 3 aromatic heterocycles. The molecule has 0 radical (unpaired) electrons. The monoisotopic (exact) mass is 332 g/mol. The van der Waals surface area contributed by atoms with Crippen LogP contribution in [-0.2, 0) is 4.79 Å². The summed E-state index contributed by atoms with van der Waals surface area (Å²) in [4.78, 5) is 22.5. The van der Waals surface area contributed by atoms with Crippen LogP contribution in [0.4, 0.5) is 5.82 Å². The number of aromatic nitrogens is 3. The number of nitrogens with one attached hydrogen (secondary N) is 1. The molecule has 3 aromatic rings. The summed E-state index contributed by atoms with van der Waals surface area (Å²) in [5.74, 6) is 0.237. The molecule has 1 aliphatic rings. The Kier molecular flexibility index (Phi) is 3.78. The van der Waals surface area contributed by atoms with Gasteiger partial charge in [-0.1, -0.05) is 6.07 Å². The Morgan fingerprint density at radius 1 is 1.28 bits per heavy atom. The maximum atomic E-state index is 12.4. The van der Waals surface area contributed by atoms with Gasteiger partial charge in [0.2, 0.25) is 5.91 Å². The van der Waals surface area contributed by atoms with Crippen molar-refractivity contribution in [1.29, 1.82) is 5.26 Å². The zero-order valence-corrected chi connectivity index (χ0v) is 13.5. The molecule has 25 heavy (non-hydrogen) atoms. The lowest BCUT2D eigenvalue weighted by Gasteiger charge is -2.11. The van der Waals surface area contributed by atoms with Gasteiger partial charge in [-0.25, -0.2) is 9.97 Å². The van der Waals surface area contributed by atoms with Crippen LogP contribution in [-0.4, -0.2) is 38.3 Å². The summed E-state index contributed by atoms with van der Waals surface area (Å²) in [6, 6.07) is 9.64. The van der Waals surface area contributed by atoms with Crippen LogP contribution in [0.25, 0.3) is 16.9 Å². The van der Waals surface area contributed by atoms with Gasteiger partial charge in [0, 0.05) is 37.2 Å². The molecule has 0 saturated carbocycles. The van der Waals surface area contributed by atoms with E-state index in [1.807, 2.05) is 40.9 Å². The van der Waals surface area contributed by atoms with Crippen molar-refractivity contribution in [2.24, 2.45) is 5.92 Å². The third-order valence-corrected chi connectivity index (χ3v) is 4.44. The summed E-state index contributed by atoms with van der Waals surface area (Å²) in [6.45, 7) is 1.10. The molecule has 1 N–H and O–H groups in total. The first-order chi connectivity index (χ1) is 12.2. The smallest absolute Gasteiger partial charge is 0.230 e. The molecule has 1 saturated heterocycles. The Labute approximate surface area is 144 Å². The number of fused-ring (bicyclic) bond motifs is 1. The highest BCUT2D eigenvalue weighted by molar-refractivity contribution is 5.92. The number of likely N-dealkylation sites (tertiary alicyclic amines) is 1. The average molecular weight is 332 g/mol. The molecule has 124 valence electrons. The Bertz CT molecular complexity index is 973. The van der Waals surface area contributed by atoms with Crippen molar-refractivity contribution in [2.75, 3.05) is 18.4 Å². The van der Waals surface area contributed by atoms with Crippen molar-refractivity contribution in [1.82, 2.24) is 19.3 Å². The first kappa shape index (κ1) is 15.1. The second-order valence-corrected chi connectivity index (χ2v) is 6.02. The topological polar surface area (TPSA) is 86.3 Å². The number of nitrogens with zero attached hydrogens (tertiary/aromatic N) is 5. The van der Waals surface area contributed by atoms with Gasteiger partial charge in [-0.15, -0.1) is 0 Å². The summed E-state index contributed by atoms with van der Waals surface area (Å²) in [6.07, 6.45) is 8.11. The fraction of sp³-hybridized carbons (Fsp3) is 0.222. The maximum absolute atomic E-state index is 12.4. The summed E-state index contributed by atoms with van der Waals surface area (Å²) >= 11 is 0. The second-order valence-electron chi connectivity index (χ2n) is 6.02. The summed E-state index contributed by atoms with van der Waals surface area (Å²) in [5.41, 5.74) is 2.78. The predicted molar refractivity (Wildman–Crippen MR) is 92.3 cm³/mol. The number of pyridine rings is 2. The number of hydrogen-bond acceptors (Lipinski definition) is 5. The van der Waals surface area contributed by atoms with Crippen molar-refractivity contribution in [2.45, 2.75) is 6.42 Å². The van der Waals surface area contributed by atoms with Crippen LogP contribution in [0.15, 0.2) is 48.9 Å². The van der Waals surface area contributed by atoms with Crippen LogP contribution in [0.3, 0.4) is 0 Å². The first-order valence-corrected chi connectivity index (χ1v) is 8.08. The largest absolute Gasteiger partial charge is 0.310 e. The number of hydrogen-bond donors (Lipinski definition) is 1. The fourth-order valence-electron chi connectivity index (χ4n) is 3.13. The van der Waals surface area contributed by atoms with Gasteiger partial charge < -0.3 is 10.2 Å². The van der Waals surface area contributed by atoms with E-state index in [1.54, 1.807) is 17.3 Å². The molecule has 1 aliphatic heterocycles. The lowest BCUT2D eigenvalue weighted by molar-refractivity contribution is -0.119. The van der Waals surface area contributed by atoms with Gasteiger partial charge in [-0.05, 0) is 30.7 Å². The lowest BCUT2D eigenvalue weighted by Crippen LogP contribution is -2.25. The van der Waals surface area contributed by atoms with Crippen LogP contribution in [0.5, 0.6) is 0 Å². The van der Waals surface area contributed by atoms with Crippen LogP contribution >= 0.6 is 0 Å². The molecule has 0 aromatic carbocycles. The highest BCUT2D eigenvalue weighted by Crippen LogP contribution is 2.23. The molecule has 4 rings (SSSR count). The molecule has 7 heteroatoms. The van der Waals surface area contributed by atoms with Crippen LogP contribution in [0.1, 0.15) is 6.42 Å². The van der Waals surface area contributed by atoms with E-state index >= 15 is 0 Å². The molecule has 0 unspecified atom stereocenters. The van der Waals surface area contributed by atoms with E-state index in [-0.39, 0.29) is 11.8 Å². The zero-order chi connectivity index (χ0) is 17.2. The number of rotatable bonds is 3. The van der Waals surface area contributed by atoms with Crippen molar-refractivity contribution >= 4 is 17.4 Å². The minimum Gasteiger partial charge on any atom is -0.310 e. The van der Waals surface area contributed by atoms with Gasteiger partial charge >= 0.3 is 0 Å². The van der Waals surface area contributed by atoms with Crippen molar-refractivity contribution in [3.63, 3.8) is 0 Å². The highest BCUT2D eigenvalue weighted by Gasteiger charge is 2.28. The number of nitriles is 1. The molecule has 4 heterocycles. The molecule has 1 atom stereocenters. The van der Waals surface area contributed by atoms with Crippen LogP contribution in [0, 0.1) is 17.4 Å². The van der Waals surface area contributed by atoms with Crippen molar-refractivity contribution < 1.29 is 4.79 Å². The molecule has 7 nitrogen and oxygen atoms in total. The van der Waals surface area contributed by atoms with Gasteiger partial charge in [0.05, 0.1) is 11.6 Å². The highest BCUT2D eigenvalue weighted by atomic mass is 16.2. The second kappa shape index (κ2) is 6.24. The van der Waals surface area contributed by atoms with Gasteiger partial charge in [-0.3, -0.25) is 9.20 Å².